The minimum Gasteiger partial charge on any atom is -0.326 e. The Kier molecular flexibility index (Phi) is 3.86. The van der Waals surface area contributed by atoms with Crippen molar-refractivity contribution in [3.63, 3.8) is 0 Å². The van der Waals surface area contributed by atoms with Gasteiger partial charge in [-0.2, -0.15) is 0 Å². The fourth-order valence-electron chi connectivity index (χ4n) is 3.69. The van der Waals surface area contributed by atoms with Crippen LogP contribution in [0.15, 0.2) is 24.3 Å². The van der Waals surface area contributed by atoms with Crippen molar-refractivity contribution in [3.8, 4) is 0 Å². The van der Waals surface area contributed by atoms with Crippen molar-refractivity contribution < 1.29 is 6.22 Å². The second-order valence-corrected chi connectivity index (χ2v) is 6.04. The summed E-state index contributed by atoms with van der Waals surface area (Å²) in [5.74, 6) is 1.10. The number of hydrogen-bond donors (Lipinski definition) is 1. The molecule has 1 unspecified atom stereocenters. The summed E-state index contributed by atoms with van der Waals surface area (Å²) in [5.41, 5.74) is 2.33. The second-order valence-electron chi connectivity index (χ2n) is 6.04. The number of carbonyl (C=O) groups excluding carboxylic acids is 1. The van der Waals surface area contributed by atoms with E-state index in [2.05, 4.69) is 17.4 Å². The van der Waals surface area contributed by atoms with Crippen LogP contribution in [-0.2, 0) is 11.2 Å². The molecule has 0 aromatic heterocycles. The van der Waals surface area contributed by atoms with Crippen LogP contribution in [0.1, 0.15) is 51.9 Å². The topological polar surface area (TPSA) is 29.1 Å². The predicted molar refractivity (Wildman–Crippen MR) is 80.2 cm³/mol. The molecule has 1 heterocycles. The van der Waals surface area contributed by atoms with Crippen molar-refractivity contribution in [1.82, 2.24) is 0 Å². The Hall–Kier alpha value is -1.31. The smallest absolute Gasteiger partial charge is 0.227 e. The molecule has 2 nitrogen and oxygen atoms in total. The Morgan fingerprint density at radius 2 is 1.74 bits per heavy atom. The molecule has 2 heteroatoms. The van der Waals surface area contributed by atoms with Crippen LogP contribution in [0.2, 0.25) is 0 Å². The summed E-state index contributed by atoms with van der Waals surface area (Å²) in [4.78, 5) is 12.5. The molecule has 3 rings (SSSR count). The number of anilines is 1. The van der Waals surface area contributed by atoms with Crippen LogP contribution in [0.5, 0.6) is 0 Å². The zero-order chi connectivity index (χ0) is 13.1. The van der Waals surface area contributed by atoms with Gasteiger partial charge in [0.15, 0.2) is 0 Å². The van der Waals surface area contributed by atoms with Gasteiger partial charge in [0.1, 0.15) is 0 Å². The SMILES string of the molecule is O=C1Nc2ccccc2CCC1C1CCCCCC1.[HH]. The highest BCUT2D eigenvalue weighted by atomic mass is 16.1. The molecule has 1 fully saturated rings. The number of amides is 1. The highest BCUT2D eigenvalue weighted by molar-refractivity contribution is 5.94. The first-order valence-corrected chi connectivity index (χ1v) is 7.73. The maximum atomic E-state index is 12.5. The lowest BCUT2D eigenvalue weighted by Gasteiger charge is -2.23. The van der Waals surface area contributed by atoms with E-state index in [1.54, 1.807) is 0 Å². The van der Waals surface area contributed by atoms with E-state index in [-0.39, 0.29) is 13.3 Å². The van der Waals surface area contributed by atoms with Gasteiger partial charge in [0.2, 0.25) is 5.91 Å². The number of nitrogens with one attached hydrogen (secondary N) is 1. The molecule has 1 aliphatic carbocycles. The van der Waals surface area contributed by atoms with Gasteiger partial charge in [-0.05, 0) is 43.2 Å². The largest absolute Gasteiger partial charge is 0.326 e. The zero-order valence-electron chi connectivity index (χ0n) is 11.5. The molecule has 2 aliphatic rings. The van der Waals surface area contributed by atoms with E-state index in [4.69, 9.17) is 0 Å². The van der Waals surface area contributed by atoms with E-state index in [0.29, 0.717) is 5.92 Å². The van der Waals surface area contributed by atoms with Gasteiger partial charge in [-0.1, -0.05) is 43.9 Å². The third-order valence-corrected chi connectivity index (χ3v) is 4.81. The van der Waals surface area contributed by atoms with Gasteiger partial charge in [-0.3, -0.25) is 4.79 Å². The van der Waals surface area contributed by atoms with Crippen molar-refractivity contribution in [2.24, 2.45) is 11.8 Å². The van der Waals surface area contributed by atoms with Gasteiger partial charge in [-0.25, -0.2) is 0 Å². The minimum absolute atomic E-state index is 0. The molecule has 0 bridgehead atoms. The standard InChI is InChI=1S/C17H23NO.H2/c19-17-15(13-7-3-1-2-4-8-13)12-11-14-9-5-6-10-16(14)18-17;/h5-6,9-10,13,15H,1-4,7-8,11-12H2,(H,18,19);1H. The van der Waals surface area contributed by atoms with Crippen molar-refractivity contribution >= 4 is 11.6 Å². The highest BCUT2D eigenvalue weighted by Crippen LogP contribution is 2.35. The monoisotopic (exact) mass is 259 g/mol. The molecule has 1 N–H and O–H groups in total. The van der Waals surface area contributed by atoms with Crippen LogP contribution in [0.3, 0.4) is 0 Å². The summed E-state index contributed by atoms with van der Waals surface area (Å²) in [6, 6.07) is 8.25. The lowest BCUT2D eigenvalue weighted by atomic mass is 9.82. The zero-order valence-corrected chi connectivity index (χ0v) is 11.5. The van der Waals surface area contributed by atoms with Crippen LogP contribution >= 0.6 is 0 Å². The molecule has 104 valence electrons. The van der Waals surface area contributed by atoms with Gasteiger partial charge in [0.25, 0.3) is 0 Å². The number of hydrogen-bond acceptors (Lipinski definition) is 1. The van der Waals surface area contributed by atoms with Crippen LogP contribution < -0.4 is 5.32 Å². The Labute approximate surface area is 117 Å². The average Bonchev–Trinajstić information content (AvgIpc) is 2.77. The molecule has 1 saturated carbocycles. The van der Waals surface area contributed by atoms with Crippen LogP contribution in [-0.4, -0.2) is 5.91 Å². The molecule has 0 spiro atoms. The lowest BCUT2D eigenvalue weighted by molar-refractivity contribution is -0.121. The first-order chi connectivity index (χ1) is 9.34. The summed E-state index contributed by atoms with van der Waals surface area (Å²) >= 11 is 0. The van der Waals surface area contributed by atoms with E-state index < -0.39 is 0 Å². The number of benzene rings is 1. The van der Waals surface area contributed by atoms with Crippen LogP contribution in [0, 0.1) is 11.8 Å². The molecule has 0 radical (unpaired) electrons. The Bertz CT molecular complexity index is 452. The van der Waals surface area contributed by atoms with E-state index in [9.17, 15) is 4.79 Å². The molecule has 1 amide bonds. The molecule has 1 aromatic rings. The normalized spacial score (nSPS) is 25.1. The molecular weight excluding hydrogens is 234 g/mol. The van der Waals surface area contributed by atoms with Crippen molar-refractivity contribution in [2.75, 3.05) is 5.32 Å². The summed E-state index contributed by atoms with van der Waals surface area (Å²) in [5, 5.41) is 3.15. The molecular formula is C17H25NO. The lowest BCUT2D eigenvalue weighted by Crippen LogP contribution is -2.28. The molecule has 1 aromatic carbocycles. The predicted octanol–water partition coefficient (Wildman–Crippen LogP) is 4.40. The van der Waals surface area contributed by atoms with Gasteiger partial charge in [-0.15, -0.1) is 0 Å². The van der Waals surface area contributed by atoms with E-state index in [0.717, 1.165) is 18.5 Å². The van der Waals surface area contributed by atoms with E-state index in [1.165, 1.54) is 44.1 Å². The first-order valence-electron chi connectivity index (χ1n) is 7.73. The number of fused-ring (bicyclic) bond motifs is 1. The summed E-state index contributed by atoms with van der Waals surface area (Å²) in [7, 11) is 0. The van der Waals surface area contributed by atoms with Crippen molar-refractivity contribution in [3.05, 3.63) is 29.8 Å². The van der Waals surface area contributed by atoms with Crippen molar-refractivity contribution in [2.45, 2.75) is 51.4 Å². The van der Waals surface area contributed by atoms with Gasteiger partial charge >= 0.3 is 0 Å². The van der Waals surface area contributed by atoms with E-state index >= 15 is 0 Å². The Balaban J connectivity index is 0.00000147. The quantitative estimate of drug-likeness (QED) is 0.744. The molecule has 0 saturated heterocycles. The average molecular weight is 259 g/mol. The highest BCUT2D eigenvalue weighted by Gasteiger charge is 2.30. The van der Waals surface area contributed by atoms with Crippen molar-refractivity contribution in [1.29, 1.82) is 0 Å². The van der Waals surface area contributed by atoms with E-state index in [1.807, 2.05) is 12.1 Å². The molecule has 1 atom stereocenters. The third kappa shape index (κ3) is 2.83. The fourth-order valence-corrected chi connectivity index (χ4v) is 3.69. The van der Waals surface area contributed by atoms with Crippen LogP contribution in [0.25, 0.3) is 0 Å². The van der Waals surface area contributed by atoms with Crippen LogP contribution in [0.4, 0.5) is 5.69 Å². The number of rotatable bonds is 1. The summed E-state index contributed by atoms with van der Waals surface area (Å²) in [6.45, 7) is 0. The number of aryl methyl sites for hydroxylation is 1. The molecule has 19 heavy (non-hydrogen) atoms. The van der Waals surface area contributed by atoms with Gasteiger partial charge in [0, 0.05) is 13.0 Å². The first kappa shape index (κ1) is 12.7. The summed E-state index contributed by atoms with van der Waals surface area (Å²) in [6.07, 6.45) is 9.87. The minimum atomic E-state index is 0. The van der Waals surface area contributed by atoms with Gasteiger partial charge < -0.3 is 5.32 Å². The maximum absolute atomic E-state index is 12.5. The third-order valence-electron chi connectivity index (χ3n) is 4.81. The van der Waals surface area contributed by atoms with Gasteiger partial charge in [0.05, 0.1) is 0 Å². The second kappa shape index (κ2) is 5.77. The number of carbonyl (C=O) groups is 1. The maximum Gasteiger partial charge on any atom is 0.227 e. The fraction of sp³-hybridized carbons (Fsp3) is 0.588. The molecule has 1 aliphatic heterocycles. The number of para-hydroxylation sites is 1. The summed E-state index contributed by atoms with van der Waals surface area (Å²) < 4.78 is 0. The Morgan fingerprint density at radius 3 is 2.53 bits per heavy atom. The Morgan fingerprint density at radius 1 is 1.00 bits per heavy atom.